The van der Waals surface area contributed by atoms with Crippen LogP contribution >= 0.6 is 0 Å². The molecule has 0 radical (unpaired) electrons. The number of nitrogens with zero attached hydrogens (tertiary/aromatic N) is 3. The number of rotatable bonds is 3. The molecule has 0 fully saturated rings. The number of anilines is 3. The quantitative estimate of drug-likeness (QED) is 0.578. The topological polar surface area (TPSA) is 64.3 Å². The minimum Gasteiger partial charge on any atom is -0.436 e. The fourth-order valence-electron chi connectivity index (χ4n) is 3.61. The Balaban J connectivity index is 1.55. The lowest BCUT2D eigenvalue weighted by molar-refractivity contribution is 0.469. The number of nitrogen functional groups attached to an aromatic ring is 1. The van der Waals surface area contributed by atoms with Crippen LogP contribution in [-0.4, -0.2) is 16.5 Å². The van der Waals surface area contributed by atoms with Crippen molar-refractivity contribution in [1.29, 1.82) is 0 Å². The van der Waals surface area contributed by atoms with Gasteiger partial charge in [-0.2, -0.15) is 4.98 Å². The Labute approximate surface area is 157 Å². The van der Waals surface area contributed by atoms with Crippen molar-refractivity contribution in [2.75, 3.05) is 17.2 Å². The SMILES string of the molecule is Nc1c(Oc2cccc3ccccc23)ncnc1N1CCc2ccccc21. The van der Waals surface area contributed by atoms with Gasteiger partial charge in [-0.25, -0.2) is 4.98 Å². The number of ether oxygens (including phenoxy) is 1. The Hall–Kier alpha value is -3.60. The van der Waals surface area contributed by atoms with Gasteiger partial charge >= 0.3 is 0 Å². The van der Waals surface area contributed by atoms with E-state index in [1.54, 1.807) is 0 Å². The van der Waals surface area contributed by atoms with Crippen LogP contribution in [0.25, 0.3) is 10.8 Å². The second-order valence-corrected chi connectivity index (χ2v) is 6.53. The fraction of sp³-hybridized carbons (Fsp3) is 0.0909. The molecular weight excluding hydrogens is 336 g/mol. The van der Waals surface area contributed by atoms with Crippen molar-refractivity contribution in [2.45, 2.75) is 6.42 Å². The van der Waals surface area contributed by atoms with Crippen LogP contribution in [0.1, 0.15) is 5.56 Å². The van der Waals surface area contributed by atoms with Crippen molar-refractivity contribution in [1.82, 2.24) is 9.97 Å². The first kappa shape index (κ1) is 15.6. The summed E-state index contributed by atoms with van der Waals surface area (Å²) in [6.07, 6.45) is 2.48. The van der Waals surface area contributed by atoms with Crippen molar-refractivity contribution >= 4 is 28.0 Å². The van der Waals surface area contributed by atoms with Crippen LogP contribution in [0.4, 0.5) is 17.2 Å². The maximum atomic E-state index is 6.42. The molecule has 5 nitrogen and oxygen atoms in total. The summed E-state index contributed by atoms with van der Waals surface area (Å²) in [5.74, 6) is 1.79. The molecule has 0 amide bonds. The van der Waals surface area contributed by atoms with Gasteiger partial charge in [-0.15, -0.1) is 0 Å². The van der Waals surface area contributed by atoms with E-state index in [9.17, 15) is 0 Å². The van der Waals surface area contributed by atoms with Gasteiger partial charge in [-0.3, -0.25) is 0 Å². The van der Waals surface area contributed by atoms with E-state index in [1.165, 1.54) is 11.9 Å². The summed E-state index contributed by atoms with van der Waals surface area (Å²) < 4.78 is 6.11. The molecule has 0 atom stereocenters. The molecule has 0 saturated carbocycles. The first-order valence-corrected chi connectivity index (χ1v) is 8.93. The molecule has 0 spiro atoms. The molecule has 5 rings (SSSR count). The standard InChI is InChI=1S/C22H18N4O/c23-20-21(26-13-12-16-7-2-4-10-18(16)26)24-14-25-22(20)27-19-11-5-8-15-6-1-3-9-17(15)19/h1-11,14H,12-13,23H2. The molecule has 1 aliphatic rings. The van der Waals surface area contributed by atoms with Crippen molar-refractivity contribution in [3.8, 4) is 11.6 Å². The monoisotopic (exact) mass is 354 g/mol. The Kier molecular flexibility index (Phi) is 3.64. The van der Waals surface area contributed by atoms with Gasteiger partial charge in [0.2, 0.25) is 5.88 Å². The van der Waals surface area contributed by atoms with Crippen molar-refractivity contribution in [2.24, 2.45) is 0 Å². The molecule has 3 aromatic carbocycles. The lowest BCUT2D eigenvalue weighted by Gasteiger charge is -2.21. The summed E-state index contributed by atoms with van der Waals surface area (Å²) in [5, 5.41) is 2.13. The lowest BCUT2D eigenvalue weighted by atomic mass is 10.1. The number of hydrogen-bond acceptors (Lipinski definition) is 5. The van der Waals surface area contributed by atoms with E-state index in [4.69, 9.17) is 10.5 Å². The molecule has 1 aliphatic heterocycles. The maximum absolute atomic E-state index is 6.42. The third-order valence-corrected chi connectivity index (χ3v) is 4.93. The van der Waals surface area contributed by atoms with E-state index < -0.39 is 0 Å². The van der Waals surface area contributed by atoms with Gasteiger partial charge in [0, 0.05) is 17.6 Å². The highest BCUT2D eigenvalue weighted by Crippen LogP contribution is 2.40. The number of fused-ring (bicyclic) bond motifs is 2. The number of nitrogens with two attached hydrogens (primary N) is 1. The first-order chi connectivity index (χ1) is 13.3. The van der Waals surface area contributed by atoms with Crippen LogP contribution in [0.3, 0.4) is 0 Å². The predicted octanol–water partition coefficient (Wildman–Crippen LogP) is 4.70. The molecule has 0 unspecified atom stereocenters. The summed E-state index contributed by atoms with van der Waals surface area (Å²) in [7, 11) is 0. The van der Waals surface area contributed by atoms with Crippen LogP contribution in [0, 0.1) is 0 Å². The van der Waals surface area contributed by atoms with Crippen LogP contribution in [0.5, 0.6) is 11.6 Å². The minimum absolute atomic E-state index is 0.376. The van der Waals surface area contributed by atoms with Crippen LogP contribution < -0.4 is 15.4 Å². The van der Waals surface area contributed by atoms with Gasteiger partial charge < -0.3 is 15.4 Å². The van der Waals surface area contributed by atoms with E-state index in [0.29, 0.717) is 17.4 Å². The van der Waals surface area contributed by atoms with Gasteiger partial charge in [0.25, 0.3) is 0 Å². The molecule has 1 aromatic heterocycles. The Morgan fingerprint density at radius 1 is 0.889 bits per heavy atom. The largest absolute Gasteiger partial charge is 0.436 e. The third kappa shape index (κ3) is 2.64. The molecular formula is C22H18N4O. The zero-order valence-corrected chi connectivity index (χ0v) is 14.7. The Morgan fingerprint density at radius 3 is 2.67 bits per heavy atom. The summed E-state index contributed by atoms with van der Waals surface area (Å²) >= 11 is 0. The van der Waals surface area contributed by atoms with Crippen molar-refractivity contribution in [3.05, 3.63) is 78.6 Å². The summed E-state index contributed by atoms with van der Waals surface area (Å²) in [5.41, 5.74) is 9.30. The van der Waals surface area contributed by atoms with E-state index >= 15 is 0 Å². The molecule has 5 heteroatoms. The van der Waals surface area contributed by atoms with E-state index in [2.05, 4.69) is 45.2 Å². The van der Waals surface area contributed by atoms with Gasteiger partial charge in [-0.1, -0.05) is 54.6 Å². The summed E-state index contributed by atoms with van der Waals surface area (Å²) in [4.78, 5) is 10.8. The molecule has 2 heterocycles. The maximum Gasteiger partial charge on any atom is 0.248 e. The van der Waals surface area contributed by atoms with E-state index in [0.717, 1.165) is 35.2 Å². The molecule has 0 bridgehead atoms. The number of benzene rings is 3. The molecule has 132 valence electrons. The van der Waals surface area contributed by atoms with Crippen molar-refractivity contribution in [3.63, 3.8) is 0 Å². The Morgan fingerprint density at radius 2 is 1.70 bits per heavy atom. The zero-order valence-electron chi connectivity index (χ0n) is 14.7. The number of hydrogen-bond donors (Lipinski definition) is 1. The first-order valence-electron chi connectivity index (χ1n) is 8.93. The number of aromatic nitrogens is 2. The van der Waals surface area contributed by atoms with E-state index in [-0.39, 0.29) is 0 Å². The summed E-state index contributed by atoms with van der Waals surface area (Å²) in [6, 6.07) is 22.3. The minimum atomic E-state index is 0.376. The molecule has 0 aliphatic carbocycles. The molecule has 2 N–H and O–H groups in total. The normalized spacial score (nSPS) is 13.0. The van der Waals surface area contributed by atoms with Gasteiger partial charge in [0.1, 0.15) is 17.8 Å². The van der Waals surface area contributed by atoms with Gasteiger partial charge in [0.05, 0.1) is 0 Å². The van der Waals surface area contributed by atoms with Crippen LogP contribution in [0.15, 0.2) is 73.1 Å². The smallest absolute Gasteiger partial charge is 0.248 e. The van der Waals surface area contributed by atoms with E-state index in [1.807, 2.05) is 36.4 Å². The summed E-state index contributed by atoms with van der Waals surface area (Å²) in [6.45, 7) is 0.842. The number of para-hydroxylation sites is 1. The second kappa shape index (κ2) is 6.29. The third-order valence-electron chi connectivity index (χ3n) is 4.93. The predicted molar refractivity (Wildman–Crippen MR) is 108 cm³/mol. The molecule has 27 heavy (non-hydrogen) atoms. The van der Waals surface area contributed by atoms with Gasteiger partial charge in [0.15, 0.2) is 5.82 Å². The highest BCUT2D eigenvalue weighted by Gasteiger charge is 2.24. The Bertz CT molecular complexity index is 1140. The van der Waals surface area contributed by atoms with Crippen LogP contribution in [-0.2, 0) is 6.42 Å². The average Bonchev–Trinajstić information content (AvgIpc) is 3.14. The second-order valence-electron chi connectivity index (χ2n) is 6.53. The highest BCUT2D eigenvalue weighted by molar-refractivity contribution is 5.88. The van der Waals surface area contributed by atoms with Crippen LogP contribution in [0.2, 0.25) is 0 Å². The molecule has 0 saturated heterocycles. The highest BCUT2D eigenvalue weighted by atomic mass is 16.5. The zero-order chi connectivity index (χ0) is 18.2. The molecule has 4 aromatic rings. The van der Waals surface area contributed by atoms with Gasteiger partial charge in [-0.05, 0) is 29.5 Å². The lowest BCUT2D eigenvalue weighted by Crippen LogP contribution is -2.17. The van der Waals surface area contributed by atoms with Crippen molar-refractivity contribution < 1.29 is 4.74 Å². The fourth-order valence-corrected chi connectivity index (χ4v) is 3.61. The average molecular weight is 354 g/mol.